The molecule has 0 N–H and O–H groups in total. The molecule has 2 aliphatic heterocycles. The molecule has 2 fully saturated rings. The Bertz CT molecular complexity index is 292. The van der Waals surface area contributed by atoms with E-state index < -0.39 is 0 Å². The molecule has 0 aliphatic carbocycles. The van der Waals surface area contributed by atoms with Gasteiger partial charge in [0.2, 0.25) is 0 Å². The second kappa shape index (κ2) is 7.43. The van der Waals surface area contributed by atoms with Crippen LogP contribution in [0.2, 0.25) is 0 Å². The molecule has 0 atom stereocenters. The van der Waals surface area contributed by atoms with E-state index in [4.69, 9.17) is 0 Å². The predicted octanol–water partition coefficient (Wildman–Crippen LogP) is 2.91. The fourth-order valence-electron chi connectivity index (χ4n) is 3.77. The summed E-state index contributed by atoms with van der Waals surface area (Å²) in [6, 6.07) is 0.733. The fourth-order valence-corrected chi connectivity index (χ4v) is 3.77. The summed E-state index contributed by atoms with van der Waals surface area (Å²) < 4.78 is 0. The van der Waals surface area contributed by atoms with Gasteiger partial charge in [0.15, 0.2) is 0 Å². The number of piperidine rings is 1. The molecule has 0 aromatic rings. The first-order valence-electron chi connectivity index (χ1n) is 9.07. The first kappa shape index (κ1) is 17.2. The minimum absolute atomic E-state index is 0.343. The largest absolute Gasteiger partial charge is 0.301 e. The predicted molar refractivity (Wildman–Crippen MR) is 91.8 cm³/mol. The minimum atomic E-state index is 0.343. The Kier molecular flexibility index (Phi) is 6.10. The first-order valence-corrected chi connectivity index (χ1v) is 9.07. The van der Waals surface area contributed by atoms with Gasteiger partial charge in [0.05, 0.1) is 0 Å². The highest BCUT2D eigenvalue weighted by Crippen LogP contribution is 2.23. The number of rotatable bonds is 4. The van der Waals surface area contributed by atoms with E-state index in [1.54, 1.807) is 0 Å². The summed E-state index contributed by atoms with van der Waals surface area (Å²) in [7, 11) is 0. The molecule has 0 saturated carbocycles. The van der Waals surface area contributed by atoms with Gasteiger partial charge in [-0.3, -0.25) is 4.90 Å². The van der Waals surface area contributed by atoms with Gasteiger partial charge in [-0.2, -0.15) is 0 Å². The Hall–Kier alpha value is -0.120. The van der Waals surface area contributed by atoms with E-state index in [-0.39, 0.29) is 0 Å². The molecule has 2 saturated heterocycles. The summed E-state index contributed by atoms with van der Waals surface area (Å²) in [6.07, 6.45) is 4.25. The average Bonchev–Trinajstić information content (AvgIpc) is 2.45. The monoisotopic (exact) mass is 295 g/mol. The lowest BCUT2D eigenvalue weighted by molar-refractivity contribution is 0.0567. The zero-order valence-corrected chi connectivity index (χ0v) is 15.1. The quantitative estimate of drug-likeness (QED) is 0.789. The molecule has 0 unspecified atom stereocenters. The van der Waals surface area contributed by atoms with Gasteiger partial charge in [0, 0.05) is 37.8 Å². The summed E-state index contributed by atoms with van der Waals surface area (Å²) in [5.74, 6) is 0.973. The van der Waals surface area contributed by atoms with Crippen molar-refractivity contribution < 1.29 is 0 Å². The number of piperazine rings is 1. The second-order valence-electron chi connectivity index (χ2n) is 8.36. The van der Waals surface area contributed by atoms with Crippen molar-refractivity contribution in [2.75, 3.05) is 45.8 Å². The Balaban J connectivity index is 1.62. The molecule has 2 heterocycles. The van der Waals surface area contributed by atoms with E-state index in [0.29, 0.717) is 5.54 Å². The van der Waals surface area contributed by atoms with Crippen LogP contribution in [0.1, 0.15) is 53.9 Å². The molecular weight excluding hydrogens is 258 g/mol. The third-order valence-corrected chi connectivity index (χ3v) is 5.55. The van der Waals surface area contributed by atoms with Crippen LogP contribution in [-0.4, -0.2) is 72.1 Å². The van der Waals surface area contributed by atoms with Crippen molar-refractivity contribution in [3.63, 3.8) is 0 Å². The Morgan fingerprint density at radius 1 is 0.905 bits per heavy atom. The maximum Gasteiger partial charge on any atom is 0.0126 e. The SMILES string of the molecule is CC(C)N1CCC(CCN2CCN(C(C)(C)C)CC2)CC1. The van der Waals surface area contributed by atoms with Crippen LogP contribution >= 0.6 is 0 Å². The lowest BCUT2D eigenvalue weighted by atomic mass is 9.92. The summed E-state index contributed by atoms with van der Waals surface area (Å²) >= 11 is 0. The zero-order chi connectivity index (χ0) is 15.5. The third-order valence-electron chi connectivity index (χ3n) is 5.55. The second-order valence-corrected chi connectivity index (χ2v) is 8.36. The van der Waals surface area contributed by atoms with E-state index in [1.165, 1.54) is 65.1 Å². The van der Waals surface area contributed by atoms with Gasteiger partial charge in [-0.25, -0.2) is 0 Å². The van der Waals surface area contributed by atoms with Crippen LogP contribution < -0.4 is 0 Å². The molecule has 0 aromatic heterocycles. The van der Waals surface area contributed by atoms with E-state index in [9.17, 15) is 0 Å². The Labute approximate surface area is 132 Å². The van der Waals surface area contributed by atoms with Gasteiger partial charge in [-0.15, -0.1) is 0 Å². The van der Waals surface area contributed by atoms with E-state index >= 15 is 0 Å². The van der Waals surface area contributed by atoms with Gasteiger partial charge >= 0.3 is 0 Å². The van der Waals surface area contributed by atoms with E-state index in [2.05, 4.69) is 49.3 Å². The van der Waals surface area contributed by atoms with E-state index in [1.807, 2.05) is 0 Å². The summed E-state index contributed by atoms with van der Waals surface area (Å²) in [5.41, 5.74) is 0.343. The average molecular weight is 296 g/mol. The van der Waals surface area contributed by atoms with Gasteiger partial charge in [-0.1, -0.05) is 0 Å². The molecule has 0 spiro atoms. The number of hydrogen-bond acceptors (Lipinski definition) is 3. The van der Waals surface area contributed by atoms with Gasteiger partial charge < -0.3 is 9.80 Å². The highest BCUT2D eigenvalue weighted by molar-refractivity contribution is 4.82. The van der Waals surface area contributed by atoms with Crippen LogP contribution in [0.5, 0.6) is 0 Å². The lowest BCUT2D eigenvalue weighted by Crippen LogP contribution is -2.53. The van der Waals surface area contributed by atoms with Crippen LogP contribution in [0.25, 0.3) is 0 Å². The van der Waals surface area contributed by atoms with E-state index in [0.717, 1.165) is 12.0 Å². The lowest BCUT2D eigenvalue weighted by Gasteiger charge is -2.42. The van der Waals surface area contributed by atoms with Gasteiger partial charge in [-0.05, 0) is 79.4 Å². The number of hydrogen-bond donors (Lipinski definition) is 0. The van der Waals surface area contributed by atoms with Crippen LogP contribution in [-0.2, 0) is 0 Å². The summed E-state index contributed by atoms with van der Waals surface area (Å²) in [4.78, 5) is 7.96. The molecule has 0 amide bonds. The standard InChI is InChI=1S/C18H37N3/c1-16(2)20-10-7-17(8-11-20)6-9-19-12-14-21(15-13-19)18(3,4)5/h16-17H,6-15H2,1-5H3. The van der Waals surface area contributed by atoms with Crippen LogP contribution in [0, 0.1) is 5.92 Å². The molecule has 0 bridgehead atoms. The highest BCUT2D eigenvalue weighted by atomic mass is 15.3. The number of likely N-dealkylation sites (tertiary alicyclic amines) is 1. The molecule has 2 rings (SSSR count). The van der Waals surface area contributed by atoms with Gasteiger partial charge in [0.25, 0.3) is 0 Å². The van der Waals surface area contributed by atoms with Crippen molar-refractivity contribution in [2.45, 2.75) is 65.5 Å². The molecule has 0 radical (unpaired) electrons. The van der Waals surface area contributed by atoms with Crippen molar-refractivity contribution in [3.05, 3.63) is 0 Å². The van der Waals surface area contributed by atoms with Crippen molar-refractivity contribution in [1.29, 1.82) is 0 Å². The zero-order valence-electron chi connectivity index (χ0n) is 15.1. The first-order chi connectivity index (χ1) is 9.86. The van der Waals surface area contributed by atoms with Crippen LogP contribution in [0.3, 0.4) is 0 Å². The minimum Gasteiger partial charge on any atom is -0.301 e. The Morgan fingerprint density at radius 2 is 1.48 bits per heavy atom. The van der Waals surface area contributed by atoms with Crippen molar-refractivity contribution in [1.82, 2.24) is 14.7 Å². The third kappa shape index (κ3) is 5.22. The fraction of sp³-hybridized carbons (Fsp3) is 1.00. The maximum atomic E-state index is 2.69. The smallest absolute Gasteiger partial charge is 0.0126 e. The molecule has 3 nitrogen and oxygen atoms in total. The van der Waals surface area contributed by atoms with Crippen LogP contribution in [0.15, 0.2) is 0 Å². The van der Waals surface area contributed by atoms with Crippen molar-refractivity contribution >= 4 is 0 Å². The normalized spacial score (nSPS) is 24.9. The molecular formula is C18H37N3. The van der Waals surface area contributed by atoms with Gasteiger partial charge in [0.1, 0.15) is 0 Å². The summed E-state index contributed by atoms with van der Waals surface area (Å²) in [5, 5.41) is 0. The maximum absolute atomic E-state index is 2.69. The van der Waals surface area contributed by atoms with Crippen LogP contribution in [0.4, 0.5) is 0 Å². The molecule has 21 heavy (non-hydrogen) atoms. The highest BCUT2D eigenvalue weighted by Gasteiger charge is 2.26. The number of nitrogens with zero attached hydrogens (tertiary/aromatic N) is 3. The molecule has 2 aliphatic rings. The topological polar surface area (TPSA) is 9.72 Å². The molecule has 3 heteroatoms. The summed E-state index contributed by atoms with van der Waals surface area (Å²) in [6.45, 7) is 20.7. The Morgan fingerprint density at radius 3 is 1.95 bits per heavy atom. The molecule has 124 valence electrons. The van der Waals surface area contributed by atoms with Crippen molar-refractivity contribution in [3.8, 4) is 0 Å². The molecule has 0 aromatic carbocycles. The van der Waals surface area contributed by atoms with Crippen molar-refractivity contribution in [2.24, 2.45) is 5.92 Å².